The smallest absolute Gasteiger partial charge is 0.240 e. The number of benzene rings is 1. The first-order valence-electron chi connectivity index (χ1n) is 4.89. The molecule has 102 valence electrons. The van der Waals surface area contributed by atoms with E-state index in [0.29, 0.717) is 0 Å². The van der Waals surface area contributed by atoms with E-state index in [9.17, 15) is 16.8 Å². The van der Waals surface area contributed by atoms with Crippen LogP contribution in [0, 0.1) is 0 Å². The molecule has 18 heavy (non-hydrogen) atoms. The van der Waals surface area contributed by atoms with Gasteiger partial charge in [0, 0.05) is 13.7 Å². The van der Waals surface area contributed by atoms with Crippen LogP contribution < -0.4 is 9.86 Å². The molecule has 0 aromatic heterocycles. The molecular formula is C9H14N2O5S2. The van der Waals surface area contributed by atoms with Crippen molar-refractivity contribution in [2.75, 3.05) is 20.3 Å². The first-order valence-corrected chi connectivity index (χ1v) is 7.92. The van der Waals surface area contributed by atoms with E-state index in [4.69, 9.17) is 9.88 Å². The number of hydrogen-bond donors (Lipinski definition) is 2. The van der Waals surface area contributed by atoms with Crippen molar-refractivity contribution in [3.8, 4) is 0 Å². The Labute approximate surface area is 106 Å². The van der Waals surface area contributed by atoms with Crippen molar-refractivity contribution in [2.45, 2.75) is 9.79 Å². The van der Waals surface area contributed by atoms with E-state index in [1.165, 1.54) is 25.3 Å². The first kappa shape index (κ1) is 15.1. The zero-order chi connectivity index (χ0) is 13.8. The van der Waals surface area contributed by atoms with E-state index >= 15 is 0 Å². The van der Waals surface area contributed by atoms with Crippen LogP contribution in [0.5, 0.6) is 0 Å². The number of ether oxygens (including phenoxy) is 1. The van der Waals surface area contributed by atoms with Crippen LogP contribution in [0.25, 0.3) is 0 Å². The monoisotopic (exact) mass is 294 g/mol. The van der Waals surface area contributed by atoms with Crippen molar-refractivity contribution in [3.63, 3.8) is 0 Å². The fourth-order valence-corrected chi connectivity index (χ4v) is 2.87. The van der Waals surface area contributed by atoms with E-state index in [0.717, 1.165) is 6.07 Å². The molecule has 0 bridgehead atoms. The lowest BCUT2D eigenvalue weighted by Crippen LogP contribution is -2.27. The average molecular weight is 294 g/mol. The Balaban J connectivity index is 3.03. The van der Waals surface area contributed by atoms with Crippen LogP contribution in [0.2, 0.25) is 0 Å². The van der Waals surface area contributed by atoms with Gasteiger partial charge < -0.3 is 4.74 Å². The number of hydrogen-bond acceptors (Lipinski definition) is 5. The summed E-state index contributed by atoms with van der Waals surface area (Å²) < 4.78 is 52.8. The van der Waals surface area contributed by atoms with Gasteiger partial charge in [-0.05, 0) is 18.2 Å². The Morgan fingerprint density at radius 3 is 2.39 bits per heavy atom. The maximum absolute atomic E-state index is 11.8. The third-order valence-electron chi connectivity index (χ3n) is 2.04. The maximum Gasteiger partial charge on any atom is 0.240 e. The zero-order valence-corrected chi connectivity index (χ0v) is 11.3. The highest BCUT2D eigenvalue weighted by atomic mass is 32.2. The molecule has 0 aliphatic heterocycles. The van der Waals surface area contributed by atoms with Gasteiger partial charge >= 0.3 is 0 Å². The Kier molecular flexibility index (Phi) is 4.82. The van der Waals surface area contributed by atoms with Gasteiger partial charge in [-0.1, -0.05) is 6.07 Å². The molecule has 0 amide bonds. The van der Waals surface area contributed by atoms with Crippen molar-refractivity contribution in [2.24, 2.45) is 5.14 Å². The van der Waals surface area contributed by atoms with Crippen LogP contribution in [0.1, 0.15) is 0 Å². The normalized spacial score (nSPS) is 12.6. The number of nitrogens with one attached hydrogen (secondary N) is 1. The molecule has 1 aromatic rings. The van der Waals surface area contributed by atoms with E-state index < -0.39 is 20.0 Å². The molecule has 0 saturated heterocycles. The van der Waals surface area contributed by atoms with Crippen LogP contribution in [0.15, 0.2) is 34.1 Å². The van der Waals surface area contributed by atoms with E-state index in [2.05, 4.69) is 4.72 Å². The maximum atomic E-state index is 11.8. The SMILES string of the molecule is COCCNS(=O)(=O)c1cccc(S(N)(=O)=O)c1. The van der Waals surface area contributed by atoms with Crippen LogP contribution in [0.3, 0.4) is 0 Å². The number of methoxy groups -OCH3 is 1. The summed E-state index contributed by atoms with van der Waals surface area (Å²) in [5, 5.41) is 4.93. The second-order valence-corrected chi connectivity index (χ2v) is 6.74. The molecule has 0 radical (unpaired) electrons. The molecule has 0 saturated carbocycles. The van der Waals surface area contributed by atoms with E-state index in [1.54, 1.807) is 0 Å². The van der Waals surface area contributed by atoms with Crippen molar-refractivity contribution >= 4 is 20.0 Å². The highest BCUT2D eigenvalue weighted by molar-refractivity contribution is 7.90. The summed E-state index contributed by atoms with van der Waals surface area (Å²) in [5.41, 5.74) is 0. The van der Waals surface area contributed by atoms with Crippen LogP contribution in [-0.2, 0) is 24.8 Å². The second-order valence-electron chi connectivity index (χ2n) is 3.41. The van der Waals surface area contributed by atoms with E-state index in [-0.39, 0.29) is 22.9 Å². The number of rotatable bonds is 6. The Morgan fingerprint density at radius 2 is 1.83 bits per heavy atom. The molecule has 0 aliphatic carbocycles. The summed E-state index contributed by atoms with van der Waals surface area (Å²) in [6, 6.07) is 4.82. The summed E-state index contributed by atoms with van der Waals surface area (Å²) in [6.07, 6.45) is 0. The minimum absolute atomic E-state index is 0.0957. The van der Waals surface area contributed by atoms with Crippen LogP contribution in [0.4, 0.5) is 0 Å². The Hall–Kier alpha value is -1.00. The largest absolute Gasteiger partial charge is 0.383 e. The lowest BCUT2D eigenvalue weighted by atomic mass is 10.4. The molecule has 0 atom stereocenters. The van der Waals surface area contributed by atoms with Gasteiger partial charge in [-0.2, -0.15) is 0 Å². The van der Waals surface area contributed by atoms with Crippen molar-refractivity contribution in [1.29, 1.82) is 0 Å². The quantitative estimate of drug-likeness (QED) is 0.670. The summed E-state index contributed by atoms with van der Waals surface area (Å²) in [7, 11) is -6.25. The molecule has 7 nitrogen and oxygen atoms in total. The molecular weight excluding hydrogens is 280 g/mol. The molecule has 0 fully saturated rings. The van der Waals surface area contributed by atoms with Gasteiger partial charge in [-0.25, -0.2) is 26.7 Å². The Bertz CT molecular complexity index is 610. The number of sulfonamides is 2. The van der Waals surface area contributed by atoms with Crippen LogP contribution >= 0.6 is 0 Å². The number of primary sulfonamides is 1. The fourth-order valence-electron chi connectivity index (χ4n) is 1.18. The predicted molar refractivity (Wildman–Crippen MR) is 64.9 cm³/mol. The first-order chi connectivity index (χ1) is 8.27. The third-order valence-corrected chi connectivity index (χ3v) is 4.41. The highest BCUT2D eigenvalue weighted by Crippen LogP contribution is 2.14. The Morgan fingerprint density at radius 1 is 1.22 bits per heavy atom. The van der Waals surface area contributed by atoms with Gasteiger partial charge in [0.15, 0.2) is 0 Å². The van der Waals surface area contributed by atoms with Crippen LogP contribution in [-0.4, -0.2) is 37.1 Å². The standard InChI is InChI=1S/C9H14N2O5S2/c1-16-6-5-11-18(14,15)9-4-2-3-8(7-9)17(10,12)13/h2-4,7,11H,5-6H2,1H3,(H2,10,12,13). The van der Waals surface area contributed by atoms with Gasteiger partial charge in [-0.3, -0.25) is 0 Å². The van der Waals surface area contributed by atoms with Crippen molar-refractivity contribution in [3.05, 3.63) is 24.3 Å². The lowest BCUT2D eigenvalue weighted by Gasteiger charge is -2.07. The zero-order valence-electron chi connectivity index (χ0n) is 9.66. The fraction of sp³-hybridized carbons (Fsp3) is 0.333. The molecule has 0 heterocycles. The average Bonchev–Trinajstić information content (AvgIpc) is 2.28. The lowest BCUT2D eigenvalue weighted by molar-refractivity contribution is 0.204. The minimum Gasteiger partial charge on any atom is -0.383 e. The molecule has 3 N–H and O–H groups in total. The van der Waals surface area contributed by atoms with Gasteiger partial charge in [0.25, 0.3) is 0 Å². The summed E-state index contributed by atoms with van der Waals surface area (Å²) in [4.78, 5) is -0.415. The van der Waals surface area contributed by atoms with Crippen molar-refractivity contribution < 1.29 is 21.6 Å². The number of nitrogens with two attached hydrogens (primary N) is 1. The molecule has 1 aromatic carbocycles. The van der Waals surface area contributed by atoms with Gasteiger partial charge in [-0.15, -0.1) is 0 Å². The summed E-state index contributed by atoms with van der Waals surface area (Å²) in [5.74, 6) is 0. The highest BCUT2D eigenvalue weighted by Gasteiger charge is 2.16. The summed E-state index contributed by atoms with van der Waals surface area (Å²) >= 11 is 0. The minimum atomic E-state index is -3.93. The molecule has 9 heteroatoms. The predicted octanol–water partition coefficient (Wildman–Crippen LogP) is -0.741. The van der Waals surface area contributed by atoms with Gasteiger partial charge in [0.1, 0.15) is 0 Å². The molecule has 0 unspecified atom stereocenters. The summed E-state index contributed by atoms with van der Waals surface area (Å²) in [6.45, 7) is 0.312. The third kappa shape index (κ3) is 4.03. The molecule has 1 rings (SSSR count). The topological polar surface area (TPSA) is 116 Å². The van der Waals surface area contributed by atoms with Gasteiger partial charge in [0.05, 0.1) is 16.4 Å². The second kappa shape index (κ2) is 5.76. The van der Waals surface area contributed by atoms with Gasteiger partial charge in [0.2, 0.25) is 20.0 Å². The molecule has 0 spiro atoms. The van der Waals surface area contributed by atoms with Crippen molar-refractivity contribution in [1.82, 2.24) is 4.72 Å². The van der Waals surface area contributed by atoms with E-state index in [1.807, 2.05) is 0 Å². The molecule has 0 aliphatic rings.